The van der Waals surface area contributed by atoms with Crippen LogP contribution in [-0.2, 0) is 22.2 Å². The Bertz CT molecular complexity index is 1450. The van der Waals surface area contributed by atoms with Crippen molar-refractivity contribution in [2.24, 2.45) is 11.8 Å². The molecule has 1 aliphatic carbocycles. The maximum absolute atomic E-state index is 13.8. The molecule has 0 aromatic heterocycles. The van der Waals surface area contributed by atoms with Crippen LogP contribution in [0.5, 0.6) is 11.5 Å². The molecule has 5 heteroatoms. The van der Waals surface area contributed by atoms with Crippen molar-refractivity contribution in [3.8, 4) is 11.5 Å². The summed E-state index contributed by atoms with van der Waals surface area (Å²) in [6.45, 7) is 0.936. The average molecular weight is 534 g/mol. The van der Waals surface area contributed by atoms with Crippen molar-refractivity contribution in [1.82, 2.24) is 4.90 Å². The molecule has 1 aliphatic heterocycles. The highest BCUT2D eigenvalue weighted by Gasteiger charge is 2.61. The van der Waals surface area contributed by atoms with E-state index >= 15 is 0 Å². The summed E-state index contributed by atoms with van der Waals surface area (Å²) in [7, 11) is 1.64. The fourth-order valence-corrected chi connectivity index (χ4v) is 7.38. The normalized spacial score (nSPS) is 23.4. The van der Waals surface area contributed by atoms with Crippen LogP contribution in [-0.4, -0.2) is 41.2 Å². The number of carbonyl (C=O) groups is 1. The van der Waals surface area contributed by atoms with Gasteiger partial charge in [-0.05, 0) is 42.0 Å². The van der Waals surface area contributed by atoms with Crippen molar-refractivity contribution >= 4 is 5.91 Å². The van der Waals surface area contributed by atoms with Gasteiger partial charge in [0.15, 0.2) is 0 Å². The lowest BCUT2D eigenvalue weighted by molar-refractivity contribution is -0.130. The standard InChI is InChI=1S/C35H35NO4/c1-40-32-19-11-9-17-28(32)35(39)21-20-34(26-13-4-2-5-14-26,27-15-6-3-7-16-27)29-23-36(24-30(29)35)33(38)22-25-12-8-10-18-31(25)37/h2-19,29-30,37,39H,20-24H2,1H3. The number of ether oxygens (including phenoxy) is 1. The van der Waals surface area contributed by atoms with Gasteiger partial charge in [0.05, 0.1) is 19.1 Å². The van der Waals surface area contributed by atoms with Gasteiger partial charge in [-0.1, -0.05) is 97.1 Å². The topological polar surface area (TPSA) is 70.0 Å². The van der Waals surface area contributed by atoms with E-state index in [-0.39, 0.29) is 35.3 Å². The number of rotatable bonds is 6. The lowest BCUT2D eigenvalue weighted by Crippen LogP contribution is -2.53. The SMILES string of the molecule is COc1ccccc1C1(O)CCC(c2ccccc2)(c2ccccc2)C2CN(C(=O)Cc3ccccc3O)CC21. The van der Waals surface area contributed by atoms with Crippen molar-refractivity contribution in [1.29, 1.82) is 0 Å². The Labute approximate surface area is 235 Å². The van der Waals surface area contributed by atoms with Crippen LogP contribution in [0.15, 0.2) is 109 Å². The van der Waals surface area contributed by atoms with Crippen LogP contribution in [0.3, 0.4) is 0 Å². The summed E-state index contributed by atoms with van der Waals surface area (Å²) < 4.78 is 5.73. The van der Waals surface area contributed by atoms with Gasteiger partial charge in [-0.2, -0.15) is 0 Å². The summed E-state index contributed by atoms with van der Waals surface area (Å²) in [5.74, 6) is 0.462. The van der Waals surface area contributed by atoms with E-state index in [2.05, 4.69) is 48.5 Å². The summed E-state index contributed by atoms with van der Waals surface area (Å²) in [4.78, 5) is 15.7. The third kappa shape index (κ3) is 4.25. The molecule has 40 heavy (non-hydrogen) atoms. The first-order valence-electron chi connectivity index (χ1n) is 14.0. The van der Waals surface area contributed by atoms with E-state index in [4.69, 9.17) is 4.74 Å². The van der Waals surface area contributed by atoms with Crippen LogP contribution in [0.25, 0.3) is 0 Å². The van der Waals surface area contributed by atoms with Crippen LogP contribution in [0.2, 0.25) is 0 Å². The fraction of sp³-hybridized carbons (Fsp3) is 0.286. The number of carbonyl (C=O) groups excluding carboxylic acids is 1. The Hall–Kier alpha value is -4.09. The number of aromatic hydroxyl groups is 1. The highest BCUT2D eigenvalue weighted by atomic mass is 16.5. The van der Waals surface area contributed by atoms with Gasteiger partial charge in [0.25, 0.3) is 0 Å². The molecule has 0 spiro atoms. The molecule has 6 rings (SSSR count). The van der Waals surface area contributed by atoms with E-state index in [9.17, 15) is 15.0 Å². The summed E-state index contributed by atoms with van der Waals surface area (Å²) >= 11 is 0. The number of phenolic OH excluding ortho intramolecular Hbond substituents is 1. The lowest BCUT2D eigenvalue weighted by Gasteiger charge is -2.53. The molecule has 204 valence electrons. The molecule has 1 saturated carbocycles. The summed E-state index contributed by atoms with van der Waals surface area (Å²) in [5, 5.41) is 23.0. The number of nitrogens with zero attached hydrogens (tertiary/aromatic N) is 1. The van der Waals surface area contributed by atoms with Crippen LogP contribution in [0, 0.1) is 11.8 Å². The van der Waals surface area contributed by atoms with E-state index in [0.29, 0.717) is 30.8 Å². The number of hydrogen-bond donors (Lipinski definition) is 2. The third-order valence-corrected chi connectivity index (χ3v) is 9.30. The number of fused-ring (bicyclic) bond motifs is 1. The second-order valence-electron chi connectivity index (χ2n) is 11.1. The Balaban J connectivity index is 1.48. The van der Waals surface area contributed by atoms with E-state index in [1.54, 1.807) is 25.3 Å². The van der Waals surface area contributed by atoms with E-state index < -0.39 is 5.60 Å². The van der Waals surface area contributed by atoms with E-state index in [1.165, 1.54) is 11.1 Å². The molecule has 0 radical (unpaired) electrons. The number of aliphatic hydroxyl groups is 1. The molecule has 3 unspecified atom stereocenters. The number of amides is 1. The monoisotopic (exact) mass is 533 g/mol. The number of methoxy groups -OCH3 is 1. The first kappa shape index (κ1) is 26.1. The molecular weight excluding hydrogens is 498 g/mol. The molecule has 2 N–H and O–H groups in total. The van der Waals surface area contributed by atoms with Crippen molar-refractivity contribution in [3.63, 3.8) is 0 Å². The largest absolute Gasteiger partial charge is 0.508 e. The summed E-state index contributed by atoms with van der Waals surface area (Å²) in [6, 6.07) is 35.8. The van der Waals surface area contributed by atoms with E-state index in [0.717, 1.165) is 12.0 Å². The molecule has 3 atom stereocenters. The van der Waals surface area contributed by atoms with Gasteiger partial charge >= 0.3 is 0 Å². The molecule has 2 aliphatic rings. The van der Waals surface area contributed by atoms with Gasteiger partial charge in [-0.15, -0.1) is 0 Å². The maximum atomic E-state index is 13.8. The van der Waals surface area contributed by atoms with Crippen molar-refractivity contribution < 1.29 is 19.7 Å². The van der Waals surface area contributed by atoms with Crippen molar-refractivity contribution in [2.45, 2.75) is 30.3 Å². The zero-order chi connectivity index (χ0) is 27.7. The van der Waals surface area contributed by atoms with Gasteiger partial charge in [0.2, 0.25) is 5.91 Å². The highest BCUT2D eigenvalue weighted by Crippen LogP contribution is 2.60. The lowest BCUT2D eigenvalue weighted by atomic mass is 9.52. The maximum Gasteiger partial charge on any atom is 0.227 e. The van der Waals surface area contributed by atoms with Gasteiger partial charge < -0.3 is 19.8 Å². The Morgan fingerprint density at radius 3 is 2.02 bits per heavy atom. The summed E-state index contributed by atoms with van der Waals surface area (Å²) in [6.07, 6.45) is 1.36. The molecule has 1 heterocycles. The molecule has 4 aromatic carbocycles. The number of benzene rings is 4. The highest BCUT2D eigenvalue weighted by molar-refractivity contribution is 5.80. The minimum Gasteiger partial charge on any atom is -0.508 e. The van der Waals surface area contributed by atoms with Gasteiger partial charge in [0, 0.05) is 35.5 Å². The molecule has 5 nitrogen and oxygen atoms in total. The predicted octanol–water partition coefficient (Wildman–Crippen LogP) is 5.69. The first-order valence-corrected chi connectivity index (χ1v) is 14.0. The first-order chi connectivity index (χ1) is 19.5. The predicted molar refractivity (Wildman–Crippen MR) is 155 cm³/mol. The van der Waals surface area contributed by atoms with Crippen LogP contribution in [0.4, 0.5) is 0 Å². The second kappa shape index (κ2) is 10.5. The smallest absolute Gasteiger partial charge is 0.227 e. The Kier molecular flexibility index (Phi) is 6.85. The van der Waals surface area contributed by atoms with Gasteiger partial charge in [-0.3, -0.25) is 4.79 Å². The zero-order valence-electron chi connectivity index (χ0n) is 22.7. The minimum atomic E-state index is -1.17. The Morgan fingerprint density at radius 1 is 0.800 bits per heavy atom. The van der Waals surface area contributed by atoms with Crippen LogP contribution >= 0.6 is 0 Å². The number of phenols is 1. The van der Waals surface area contributed by atoms with Gasteiger partial charge in [0.1, 0.15) is 11.5 Å². The second-order valence-corrected chi connectivity index (χ2v) is 11.1. The Morgan fingerprint density at radius 2 is 1.38 bits per heavy atom. The molecule has 1 amide bonds. The summed E-state index contributed by atoms with van der Waals surface area (Å²) in [5.41, 5.74) is 2.23. The molecule has 1 saturated heterocycles. The molecular formula is C35H35NO4. The quantitative estimate of drug-likeness (QED) is 0.334. The number of hydrogen-bond acceptors (Lipinski definition) is 4. The fourth-order valence-electron chi connectivity index (χ4n) is 7.38. The molecule has 0 bridgehead atoms. The minimum absolute atomic E-state index is 0.0470. The van der Waals surface area contributed by atoms with Crippen molar-refractivity contribution in [3.05, 3.63) is 131 Å². The molecule has 4 aromatic rings. The van der Waals surface area contributed by atoms with E-state index in [1.807, 2.05) is 47.4 Å². The average Bonchev–Trinajstić information content (AvgIpc) is 3.47. The third-order valence-electron chi connectivity index (χ3n) is 9.30. The number of para-hydroxylation sites is 2. The van der Waals surface area contributed by atoms with Gasteiger partial charge in [-0.25, -0.2) is 0 Å². The zero-order valence-corrected chi connectivity index (χ0v) is 22.7. The number of likely N-dealkylation sites (tertiary alicyclic amines) is 1. The molecule has 2 fully saturated rings. The van der Waals surface area contributed by atoms with Crippen LogP contribution in [0.1, 0.15) is 35.1 Å². The van der Waals surface area contributed by atoms with Crippen LogP contribution < -0.4 is 4.74 Å². The van der Waals surface area contributed by atoms with Crippen molar-refractivity contribution in [2.75, 3.05) is 20.2 Å².